The highest BCUT2D eigenvalue weighted by Gasteiger charge is 2.09. The van der Waals surface area contributed by atoms with E-state index in [9.17, 15) is 4.79 Å². The van der Waals surface area contributed by atoms with Gasteiger partial charge in [-0.05, 0) is 25.0 Å². The minimum atomic E-state index is -0.163. The molecule has 1 aromatic heterocycles. The van der Waals surface area contributed by atoms with Crippen LogP contribution in [0, 0.1) is 0 Å². The summed E-state index contributed by atoms with van der Waals surface area (Å²) in [6.07, 6.45) is 0.881. The lowest BCUT2D eigenvalue weighted by atomic mass is 10.1. The Labute approximate surface area is 121 Å². The van der Waals surface area contributed by atoms with Gasteiger partial charge in [-0.1, -0.05) is 29.8 Å². The topological polar surface area (TPSA) is 79.9 Å². The number of anilines is 1. The van der Waals surface area contributed by atoms with Gasteiger partial charge in [0.05, 0.1) is 6.61 Å². The Morgan fingerprint density at radius 1 is 1.45 bits per heavy atom. The second kappa shape index (κ2) is 6.91. The van der Waals surface area contributed by atoms with Crippen LogP contribution in [-0.2, 0) is 11.2 Å². The average Bonchev–Trinajstić information content (AvgIpc) is 2.85. The molecule has 7 heteroatoms. The van der Waals surface area contributed by atoms with E-state index in [0.29, 0.717) is 24.5 Å². The summed E-state index contributed by atoms with van der Waals surface area (Å²) in [5.41, 5.74) is 0.942. The van der Waals surface area contributed by atoms with Crippen LogP contribution in [0.25, 0.3) is 0 Å². The summed E-state index contributed by atoms with van der Waals surface area (Å²) in [4.78, 5) is 15.7. The van der Waals surface area contributed by atoms with Crippen LogP contribution in [0.2, 0.25) is 5.02 Å². The van der Waals surface area contributed by atoms with Crippen molar-refractivity contribution >= 4 is 23.5 Å². The summed E-state index contributed by atoms with van der Waals surface area (Å²) >= 11 is 6.03. The number of carbonyl (C=O) groups excluding carboxylic acids is 1. The molecule has 20 heavy (non-hydrogen) atoms. The molecule has 0 spiro atoms. The number of aromatic amines is 1. The molecule has 0 bridgehead atoms. The second-order valence-electron chi connectivity index (χ2n) is 4.04. The number of hydrogen-bond donors (Lipinski definition) is 2. The van der Waals surface area contributed by atoms with E-state index >= 15 is 0 Å². The number of aryl methyl sites for hydroxylation is 1. The summed E-state index contributed by atoms with van der Waals surface area (Å²) in [5.74, 6) is 0.113. The highest BCUT2D eigenvalue weighted by molar-refractivity contribution is 6.31. The Bertz CT molecular complexity index is 585. The maximum Gasteiger partial charge on any atom is 0.337 e. The van der Waals surface area contributed by atoms with E-state index in [0.717, 1.165) is 5.56 Å². The zero-order chi connectivity index (χ0) is 14.4. The standard InChI is InChI=1S/C13H15ClN4O2/c1-2-20-13-16-12(17-18-13)15-11(19)8-7-9-5-3-4-6-10(9)14/h3-6H,2,7-8H2,1H3,(H2,15,16,17,18,19). The number of aromatic nitrogens is 3. The van der Waals surface area contributed by atoms with Crippen molar-refractivity contribution in [2.24, 2.45) is 0 Å². The van der Waals surface area contributed by atoms with Gasteiger partial charge < -0.3 is 4.74 Å². The van der Waals surface area contributed by atoms with Crippen LogP contribution in [0.3, 0.4) is 0 Å². The first-order valence-electron chi connectivity index (χ1n) is 6.27. The quantitative estimate of drug-likeness (QED) is 0.857. The lowest BCUT2D eigenvalue weighted by molar-refractivity contribution is -0.116. The van der Waals surface area contributed by atoms with E-state index in [-0.39, 0.29) is 17.9 Å². The zero-order valence-corrected chi connectivity index (χ0v) is 11.8. The van der Waals surface area contributed by atoms with Crippen molar-refractivity contribution in [1.29, 1.82) is 0 Å². The first-order valence-corrected chi connectivity index (χ1v) is 6.65. The molecule has 106 valence electrons. The molecule has 2 aromatic rings. The summed E-state index contributed by atoms with van der Waals surface area (Å²) < 4.78 is 5.09. The van der Waals surface area contributed by atoms with Crippen molar-refractivity contribution in [2.45, 2.75) is 19.8 Å². The normalized spacial score (nSPS) is 10.3. The van der Waals surface area contributed by atoms with Crippen LogP contribution in [0.5, 0.6) is 6.01 Å². The molecule has 0 aliphatic carbocycles. The van der Waals surface area contributed by atoms with Gasteiger partial charge in [0.25, 0.3) is 0 Å². The molecule has 0 saturated carbocycles. The van der Waals surface area contributed by atoms with Gasteiger partial charge in [0.15, 0.2) is 0 Å². The fourth-order valence-electron chi connectivity index (χ4n) is 1.64. The summed E-state index contributed by atoms with van der Waals surface area (Å²) in [6, 6.07) is 7.67. The number of amides is 1. The number of halogens is 1. The number of nitrogens with zero attached hydrogens (tertiary/aromatic N) is 2. The molecule has 0 saturated heterocycles. The van der Waals surface area contributed by atoms with Crippen molar-refractivity contribution in [3.8, 4) is 6.01 Å². The summed E-state index contributed by atoms with van der Waals surface area (Å²) in [6.45, 7) is 2.30. The molecule has 1 heterocycles. The molecule has 1 aromatic carbocycles. The Hall–Kier alpha value is -2.08. The zero-order valence-electron chi connectivity index (χ0n) is 11.0. The van der Waals surface area contributed by atoms with Gasteiger partial charge in [0.2, 0.25) is 11.9 Å². The third-order valence-corrected chi connectivity index (χ3v) is 2.94. The second-order valence-corrected chi connectivity index (χ2v) is 4.45. The van der Waals surface area contributed by atoms with E-state index in [2.05, 4.69) is 20.5 Å². The molecule has 2 N–H and O–H groups in total. The largest absolute Gasteiger partial charge is 0.463 e. The number of carbonyl (C=O) groups is 1. The molecule has 0 aliphatic heterocycles. The third-order valence-electron chi connectivity index (χ3n) is 2.58. The summed E-state index contributed by atoms with van der Waals surface area (Å²) in [7, 11) is 0. The van der Waals surface area contributed by atoms with E-state index in [1.807, 2.05) is 25.1 Å². The average molecular weight is 295 g/mol. The minimum absolute atomic E-state index is 0.163. The van der Waals surface area contributed by atoms with Gasteiger partial charge in [0.1, 0.15) is 0 Å². The van der Waals surface area contributed by atoms with Crippen molar-refractivity contribution in [3.63, 3.8) is 0 Å². The SMILES string of the molecule is CCOc1n[nH]c(NC(=O)CCc2ccccc2Cl)n1. The van der Waals surface area contributed by atoms with E-state index in [1.165, 1.54) is 0 Å². The van der Waals surface area contributed by atoms with Crippen LogP contribution >= 0.6 is 11.6 Å². The first-order chi connectivity index (χ1) is 9.69. The van der Waals surface area contributed by atoms with Gasteiger partial charge in [-0.2, -0.15) is 4.98 Å². The molecule has 0 aliphatic rings. The van der Waals surface area contributed by atoms with E-state index in [1.54, 1.807) is 6.07 Å². The monoisotopic (exact) mass is 294 g/mol. The lowest BCUT2D eigenvalue weighted by Crippen LogP contribution is -2.13. The van der Waals surface area contributed by atoms with Gasteiger partial charge >= 0.3 is 6.01 Å². The predicted molar refractivity (Wildman–Crippen MR) is 76.0 cm³/mol. The molecule has 0 radical (unpaired) electrons. The number of nitrogens with one attached hydrogen (secondary N) is 2. The highest BCUT2D eigenvalue weighted by atomic mass is 35.5. The van der Waals surface area contributed by atoms with Crippen molar-refractivity contribution in [1.82, 2.24) is 15.2 Å². The van der Waals surface area contributed by atoms with Crippen LogP contribution < -0.4 is 10.1 Å². The fraction of sp³-hybridized carbons (Fsp3) is 0.308. The maximum absolute atomic E-state index is 11.8. The van der Waals surface area contributed by atoms with Gasteiger partial charge in [-0.15, -0.1) is 5.10 Å². The third kappa shape index (κ3) is 3.96. The Morgan fingerprint density at radius 2 is 2.25 bits per heavy atom. The van der Waals surface area contributed by atoms with Crippen LogP contribution in [0.1, 0.15) is 18.9 Å². The molecule has 6 nitrogen and oxygen atoms in total. The van der Waals surface area contributed by atoms with Gasteiger partial charge in [0, 0.05) is 11.4 Å². The number of ether oxygens (including phenoxy) is 1. The molecular formula is C13H15ClN4O2. The number of rotatable bonds is 6. The summed E-state index contributed by atoms with van der Waals surface area (Å²) in [5, 5.41) is 9.67. The van der Waals surface area contributed by atoms with Crippen molar-refractivity contribution in [2.75, 3.05) is 11.9 Å². The number of hydrogen-bond acceptors (Lipinski definition) is 4. The number of benzene rings is 1. The van der Waals surface area contributed by atoms with Crippen molar-refractivity contribution in [3.05, 3.63) is 34.9 Å². The maximum atomic E-state index is 11.8. The molecule has 0 fully saturated rings. The lowest BCUT2D eigenvalue weighted by Gasteiger charge is -2.03. The number of H-pyrrole nitrogens is 1. The van der Waals surface area contributed by atoms with Crippen molar-refractivity contribution < 1.29 is 9.53 Å². The molecule has 0 unspecified atom stereocenters. The highest BCUT2D eigenvalue weighted by Crippen LogP contribution is 2.16. The molecule has 1 amide bonds. The predicted octanol–water partition coefficient (Wildman–Crippen LogP) is 2.43. The minimum Gasteiger partial charge on any atom is -0.463 e. The Balaban J connectivity index is 1.84. The molecule has 0 atom stereocenters. The Kier molecular flexibility index (Phi) is 4.95. The molecule has 2 rings (SSSR count). The smallest absolute Gasteiger partial charge is 0.337 e. The van der Waals surface area contributed by atoms with Crippen LogP contribution in [-0.4, -0.2) is 27.7 Å². The van der Waals surface area contributed by atoms with Crippen LogP contribution in [0.15, 0.2) is 24.3 Å². The van der Waals surface area contributed by atoms with Crippen LogP contribution in [0.4, 0.5) is 5.95 Å². The van der Waals surface area contributed by atoms with E-state index < -0.39 is 0 Å². The van der Waals surface area contributed by atoms with E-state index in [4.69, 9.17) is 16.3 Å². The fourth-order valence-corrected chi connectivity index (χ4v) is 1.87. The molecular weight excluding hydrogens is 280 g/mol. The van der Waals surface area contributed by atoms with Gasteiger partial charge in [-0.3, -0.25) is 10.1 Å². The van der Waals surface area contributed by atoms with Gasteiger partial charge in [-0.25, -0.2) is 5.10 Å². The Morgan fingerprint density at radius 3 is 3.00 bits per heavy atom. The first kappa shape index (κ1) is 14.3.